The lowest BCUT2D eigenvalue weighted by molar-refractivity contribution is -0.123. The number of rotatable bonds is 5. The van der Waals surface area contributed by atoms with Gasteiger partial charge in [-0.05, 0) is 38.9 Å². The third-order valence-electron chi connectivity index (χ3n) is 4.36. The maximum absolute atomic E-state index is 12.0. The third kappa shape index (κ3) is 4.44. The summed E-state index contributed by atoms with van der Waals surface area (Å²) in [6, 6.07) is 0.0311. The second kappa shape index (κ2) is 7.22. The lowest BCUT2D eigenvalue weighted by Gasteiger charge is -2.32. The summed E-state index contributed by atoms with van der Waals surface area (Å²) in [5.41, 5.74) is 0. The molecule has 0 aromatic rings. The Balaban J connectivity index is 1.55. The summed E-state index contributed by atoms with van der Waals surface area (Å²) in [7, 11) is 2.17. The number of hydrogen-bond acceptors (Lipinski definition) is 4. The van der Waals surface area contributed by atoms with Crippen molar-refractivity contribution in [2.24, 2.45) is 5.92 Å². The Kier molecular flexibility index (Phi) is 5.60. The van der Waals surface area contributed by atoms with Crippen molar-refractivity contribution in [3.05, 3.63) is 0 Å². The molecule has 2 heterocycles. The molecule has 5 nitrogen and oxygen atoms in total. The van der Waals surface area contributed by atoms with Gasteiger partial charge in [-0.3, -0.25) is 4.79 Å². The highest BCUT2D eigenvalue weighted by Gasteiger charge is 2.28. The monoisotopic (exact) mass is 268 g/mol. The molecule has 0 spiro atoms. The van der Waals surface area contributed by atoms with Crippen molar-refractivity contribution in [2.45, 2.75) is 25.8 Å². The molecule has 5 heteroatoms. The van der Waals surface area contributed by atoms with E-state index in [4.69, 9.17) is 0 Å². The first kappa shape index (κ1) is 14.8. The van der Waals surface area contributed by atoms with Gasteiger partial charge in [0.1, 0.15) is 0 Å². The molecule has 110 valence electrons. The van der Waals surface area contributed by atoms with Crippen LogP contribution in [0.4, 0.5) is 0 Å². The van der Waals surface area contributed by atoms with Crippen molar-refractivity contribution in [3.8, 4) is 0 Å². The molecule has 2 aliphatic heterocycles. The Hall–Kier alpha value is -0.650. The first-order chi connectivity index (χ1) is 9.16. The highest BCUT2D eigenvalue weighted by molar-refractivity contribution is 5.82. The minimum absolute atomic E-state index is 0.0311. The summed E-state index contributed by atoms with van der Waals surface area (Å²) in [6.07, 6.45) is 2.16. The van der Waals surface area contributed by atoms with Crippen LogP contribution in [0.15, 0.2) is 0 Å². The molecular formula is C14H28N4O. The molecule has 0 aromatic heterocycles. The average molecular weight is 268 g/mol. The van der Waals surface area contributed by atoms with Crippen LogP contribution in [0.1, 0.15) is 19.8 Å². The molecule has 19 heavy (non-hydrogen) atoms. The van der Waals surface area contributed by atoms with Gasteiger partial charge in [-0.2, -0.15) is 0 Å². The molecule has 0 saturated carbocycles. The van der Waals surface area contributed by atoms with E-state index >= 15 is 0 Å². The number of amides is 1. The summed E-state index contributed by atoms with van der Waals surface area (Å²) < 4.78 is 0. The Bertz CT molecular complexity index is 289. The molecule has 2 aliphatic rings. The lowest BCUT2D eigenvalue weighted by Crippen LogP contribution is -2.46. The van der Waals surface area contributed by atoms with Gasteiger partial charge in [0.25, 0.3) is 0 Å². The predicted molar refractivity (Wildman–Crippen MR) is 77.1 cm³/mol. The smallest absolute Gasteiger partial charge is 0.237 e. The van der Waals surface area contributed by atoms with Crippen molar-refractivity contribution >= 4 is 5.91 Å². The summed E-state index contributed by atoms with van der Waals surface area (Å²) in [5.74, 6) is 0.654. The summed E-state index contributed by atoms with van der Waals surface area (Å²) in [5, 5.41) is 6.34. The fourth-order valence-electron chi connectivity index (χ4n) is 2.88. The van der Waals surface area contributed by atoms with Crippen molar-refractivity contribution in [3.63, 3.8) is 0 Å². The first-order valence-electron chi connectivity index (χ1n) is 7.59. The summed E-state index contributed by atoms with van der Waals surface area (Å²) in [4.78, 5) is 16.8. The van der Waals surface area contributed by atoms with Crippen LogP contribution < -0.4 is 10.6 Å². The van der Waals surface area contributed by atoms with Gasteiger partial charge in [0.15, 0.2) is 0 Å². The molecule has 2 rings (SSSR count). The quantitative estimate of drug-likeness (QED) is 0.675. The SMILES string of the molecule is CC1CCNC1C(=O)NCCCN1CCN(C)CC1. The molecule has 1 amide bonds. The minimum Gasteiger partial charge on any atom is -0.355 e. The Morgan fingerprint density at radius 2 is 2.05 bits per heavy atom. The van der Waals surface area contributed by atoms with Gasteiger partial charge < -0.3 is 20.4 Å². The van der Waals surface area contributed by atoms with Gasteiger partial charge in [0.05, 0.1) is 6.04 Å². The minimum atomic E-state index is 0.0311. The van der Waals surface area contributed by atoms with Gasteiger partial charge in [-0.15, -0.1) is 0 Å². The maximum Gasteiger partial charge on any atom is 0.237 e. The van der Waals surface area contributed by atoms with E-state index in [1.807, 2.05) is 0 Å². The van der Waals surface area contributed by atoms with Gasteiger partial charge in [0, 0.05) is 32.7 Å². The van der Waals surface area contributed by atoms with Crippen LogP contribution in [0.2, 0.25) is 0 Å². The van der Waals surface area contributed by atoms with Crippen molar-refractivity contribution in [1.82, 2.24) is 20.4 Å². The van der Waals surface area contributed by atoms with Crippen LogP contribution in [0.25, 0.3) is 0 Å². The van der Waals surface area contributed by atoms with Gasteiger partial charge in [-0.25, -0.2) is 0 Å². The number of carbonyl (C=O) groups is 1. The maximum atomic E-state index is 12.0. The van der Waals surface area contributed by atoms with Gasteiger partial charge >= 0.3 is 0 Å². The number of piperazine rings is 1. The Morgan fingerprint density at radius 3 is 2.68 bits per heavy atom. The van der Waals surface area contributed by atoms with E-state index in [1.165, 1.54) is 0 Å². The highest BCUT2D eigenvalue weighted by atomic mass is 16.2. The fourth-order valence-corrected chi connectivity index (χ4v) is 2.88. The highest BCUT2D eigenvalue weighted by Crippen LogP contribution is 2.14. The molecule has 2 fully saturated rings. The molecule has 2 atom stereocenters. The normalized spacial score (nSPS) is 29.6. The van der Waals surface area contributed by atoms with Crippen LogP contribution in [0, 0.1) is 5.92 Å². The molecule has 2 N–H and O–H groups in total. The Morgan fingerprint density at radius 1 is 1.32 bits per heavy atom. The first-order valence-corrected chi connectivity index (χ1v) is 7.59. The average Bonchev–Trinajstić information content (AvgIpc) is 2.83. The summed E-state index contributed by atoms with van der Waals surface area (Å²) in [6.45, 7) is 9.66. The van der Waals surface area contributed by atoms with E-state index in [0.717, 1.165) is 58.7 Å². The topological polar surface area (TPSA) is 47.6 Å². The molecular weight excluding hydrogens is 240 g/mol. The fraction of sp³-hybridized carbons (Fsp3) is 0.929. The van der Waals surface area contributed by atoms with Crippen LogP contribution in [-0.4, -0.2) is 74.6 Å². The predicted octanol–water partition coefficient (Wildman–Crippen LogP) is -0.262. The van der Waals surface area contributed by atoms with E-state index in [1.54, 1.807) is 0 Å². The molecule has 2 unspecified atom stereocenters. The van der Waals surface area contributed by atoms with E-state index in [0.29, 0.717) is 5.92 Å². The van der Waals surface area contributed by atoms with Crippen molar-refractivity contribution in [2.75, 3.05) is 52.9 Å². The standard InChI is InChI=1S/C14H28N4O/c1-12-4-6-15-13(12)14(19)16-5-3-7-18-10-8-17(2)9-11-18/h12-13,15H,3-11H2,1-2H3,(H,16,19). The molecule has 0 aliphatic carbocycles. The zero-order valence-corrected chi connectivity index (χ0v) is 12.3. The summed E-state index contributed by atoms with van der Waals surface area (Å²) >= 11 is 0. The van der Waals surface area contributed by atoms with Crippen LogP contribution in [0.5, 0.6) is 0 Å². The van der Waals surface area contributed by atoms with E-state index in [2.05, 4.69) is 34.4 Å². The number of hydrogen-bond donors (Lipinski definition) is 2. The van der Waals surface area contributed by atoms with Gasteiger partial charge in [-0.1, -0.05) is 6.92 Å². The van der Waals surface area contributed by atoms with E-state index in [9.17, 15) is 4.79 Å². The van der Waals surface area contributed by atoms with E-state index < -0.39 is 0 Å². The van der Waals surface area contributed by atoms with E-state index in [-0.39, 0.29) is 11.9 Å². The van der Waals surface area contributed by atoms with Crippen molar-refractivity contribution in [1.29, 1.82) is 0 Å². The molecule has 0 bridgehead atoms. The second-order valence-electron chi connectivity index (χ2n) is 5.99. The van der Waals surface area contributed by atoms with Gasteiger partial charge in [0.2, 0.25) is 5.91 Å². The van der Waals surface area contributed by atoms with Crippen LogP contribution >= 0.6 is 0 Å². The zero-order valence-electron chi connectivity index (χ0n) is 12.3. The van der Waals surface area contributed by atoms with Crippen molar-refractivity contribution < 1.29 is 4.79 Å². The number of likely N-dealkylation sites (N-methyl/N-ethyl adjacent to an activating group) is 1. The Labute approximate surface area is 116 Å². The largest absolute Gasteiger partial charge is 0.355 e. The third-order valence-corrected chi connectivity index (χ3v) is 4.36. The molecule has 2 saturated heterocycles. The molecule has 0 aromatic carbocycles. The second-order valence-corrected chi connectivity index (χ2v) is 5.99. The number of carbonyl (C=O) groups excluding carboxylic acids is 1. The molecule has 0 radical (unpaired) electrons. The van der Waals surface area contributed by atoms with Crippen LogP contribution in [-0.2, 0) is 4.79 Å². The zero-order chi connectivity index (χ0) is 13.7. The number of nitrogens with one attached hydrogen (secondary N) is 2. The lowest BCUT2D eigenvalue weighted by atomic mass is 10.0. The van der Waals surface area contributed by atoms with Crippen LogP contribution in [0.3, 0.4) is 0 Å². The number of nitrogens with zero attached hydrogens (tertiary/aromatic N) is 2.